The number of nitrogen functional groups attached to an aromatic ring is 1. The van der Waals surface area contributed by atoms with E-state index in [1.165, 1.54) is 0 Å². The van der Waals surface area contributed by atoms with Gasteiger partial charge in [-0.25, -0.2) is 0 Å². The van der Waals surface area contributed by atoms with Gasteiger partial charge in [-0.05, 0) is 35.4 Å². The van der Waals surface area contributed by atoms with Gasteiger partial charge in [0.25, 0.3) is 0 Å². The molecule has 0 amide bonds. The van der Waals surface area contributed by atoms with E-state index in [9.17, 15) is 5.11 Å². The zero-order valence-electron chi connectivity index (χ0n) is 9.01. The molecule has 4 nitrogen and oxygen atoms in total. The van der Waals surface area contributed by atoms with Crippen LogP contribution in [-0.4, -0.2) is 15.3 Å². The summed E-state index contributed by atoms with van der Waals surface area (Å²) >= 11 is 0. The number of aromatic hydroxyl groups is 1. The van der Waals surface area contributed by atoms with Gasteiger partial charge in [-0.2, -0.15) is 5.10 Å². The summed E-state index contributed by atoms with van der Waals surface area (Å²) in [5.41, 5.74) is 8.77. The molecule has 0 fully saturated rings. The van der Waals surface area contributed by atoms with Gasteiger partial charge in [-0.1, -0.05) is 18.2 Å². The third-order valence-corrected chi connectivity index (χ3v) is 2.79. The summed E-state index contributed by atoms with van der Waals surface area (Å²) < 4.78 is 0. The summed E-state index contributed by atoms with van der Waals surface area (Å²) in [6.07, 6.45) is 0. The first-order valence-electron chi connectivity index (χ1n) is 5.27. The lowest BCUT2D eigenvalue weighted by Crippen LogP contribution is -1.84. The number of anilines is 1. The molecule has 0 aliphatic heterocycles. The molecule has 3 rings (SSSR count). The van der Waals surface area contributed by atoms with E-state index in [2.05, 4.69) is 10.2 Å². The van der Waals surface area contributed by atoms with Crippen LogP contribution >= 0.6 is 0 Å². The first kappa shape index (κ1) is 9.72. The Morgan fingerprint density at radius 1 is 1.00 bits per heavy atom. The standard InChI is InChI=1S/C13H11N3O/c14-13-11-7-9(3-6-12(11)15-16-13)8-1-4-10(17)5-2-8/h1-7,17H,(H3,14,15,16). The Kier molecular flexibility index (Phi) is 2.01. The smallest absolute Gasteiger partial charge is 0.153 e. The number of phenols is 1. The average molecular weight is 225 g/mol. The van der Waals surface area contributed by atoms with Crippen molar-refractivity contribution >= 4 is 16.7 Å². The molecule has 1 heterocycles. The summed E-state index contributed by atoms with van der Waals surface area (Å²) in [4.78, 5) is 0. The Labute approximate surface area is 97.7 Å². The van der Waals surface area contributed by atoms with E-state index in [0.29, 0.717) is 5.82 Å². The third kappa shape index (κ3) is 1.59. The number of rotatable bonds is 1. The van der Waals surface area contributed by atoms with Gasteiger partial charge in [0.1, 0.15) is 5.75 Å². The number of hydrogen-bond acceptors (Lipinski definition) is 3. The van der Waals surface area contributed by atoms with Crippen molar-refractivity contribution < 1.29 is 5.11 Å². The number of aromatic nitrogens is 2. The van der Waals surface area contributed by atoms with E-state index in [4.69, 9.17) is 5.73 Å². The first-order chi connectivity index (χ1) is 8.24. The zero-order chi connectivity index (χ0) is 11.8. The number of nitrogens with two attached hydrogens (primary N) is 1. The fraction of sp³-hybridized carbons (Fsp3) is 0. The molecule has 0 aliphatic carbocycles. The first-order valence-corrected chi connectivity index (χ1v) is 5.27. The molecule has 1 aromatic heterocycles. The van der Waals surface area contributed by atoms with Crippen molar-refractivity contribution in [1.29, 1.82) is 0 Å². The quantitative estimate of drug-likeness (QED) is 0.595. The largest absolute Gasteiger partial charge is 0.508 e. The summed E-state index contributed by atoms with van der Waals surface area (Å²) in [6, 6.07) is 13.0. The minimum atomic E-state index is 0.262. The maximum Gasteiger partial charge on any atom is 0.153 e. The molecule has 4 heteroatoms. The van der Waals surface area contributed by atoms with Crippen LogP contribution in [0, 0.1) is 0 Å². The summed E-state index contributed by atoms with van der Waals surface area (Å²) in [7, 11) is 0. The molecule has 0 saturated carbocycles. The summed E-state index contributed by atoms with van der Waals surface area (Å²) in [5.74, 6) is 0.762. The number of fused-ring (bicyclic) bond motifs is 1. The van der Waals surface area contributed by atoms with Gasteiger partial charge in [-0.3, -0.25) is 5.10 Å². The molecule has 4 N–H and O–H groups in total. The zero-order valence-corrected chi connectivity index (χ0v) is 9.01. The lowest BCUT2D eigenvalue weighted by atomic mass is 10.0. The third-order valence-electron chi connectivity index (χ3n) is 2.79. The number of nitrogens with one attached hydrogen (secondary N) is 1. The van der Waals surface area contributed by atoms with Gasteiger partial charge in [0.05, 0.1) is 5.52 Å². The van der Waals surface area contributed by atoms with Crippen LogP contribution in [0.3, 0.4) is 0 Å². The van der Waals surface area contributed by atoms with Crippen molar-refractivity contribution in [2.24, 2.45) is 0 Å². The van der Waals surface area contributed by atoms with Crippen LogP contribution in [0.4, 0.5) is 5.82 Å². The van der Waals surface area contributed by atoms with E-state index in [0.717, 1.165) is 22.0 Å². The number of hydrogen-bond donors (Lipinski definition) is 3. The number of aromatic amines is 1. The van der Waals surface area contributed by atoms with E-state index < -0.39 is 0 Å². The number of nitrogens with zero attached hydrogens (tertiary/aromatic N) is 1. The van der Waals surface area contributed by atoms with Crippen LogP contribution in [0.2, 0.25) is 0 Å². The van der Waals surface area contributed by atoms with Crippen molar-refractivity contribution in [3.8, 4) is 16.9 Å². The Balaban J connectivity index is 2.17. The van der Waals surface area contributed by atoms with Gasteiger partial charge in [0.2, 0.25) is 0 Å². The van der Waals surface area contributed by atoms with E-state index >= 15 is 0 Å². The van der Waals surface area contributed by atoms with Crippen LogP contribution in [-0.2, 0) is 0 Å². The molecule has 0 radical (unpaired) electrons. The predicted octanol–water partition coefficient (Wildman–Crippen LogP) is 2.52. The Morgan fingerprint density at radius 2 is 1.71 bits per heavy atom. The SMILES string of the molecule is Nc1n[nH]c2ccc(-c3ccc(O)cc3)cc12. The normalized spacial score (nSPS) is 10.8. The van der Waals surface area contributed by atoms with Crippen LogP contribution in [0.25, 0.3) is 22.0 Å². The van der Waals surface area contributed by atoms with Crippen molar-refractivity contribution in [2.45, 2.75) is 0 Å². The maximum atomic E-state index is 9.25. The molecule has 17 heavy (non-hydrogen) atoms. The second kappa shape index (κ2) is 3.52. The fourth-order valence-electron chi connectivity index (χ4n) is 1.87. The van der Waals surface area contributed by atoms with E-state index in [1.54, 1.807) is 12.1 Å². The van der Waals surface area contributed by atoms with Crippen LogP contribution < -0.4 is 5.73 Å². The van der Waals surface area contributed by atoms with Gasteiger partial charge < -0.3 is 10.8 Å². The Morgan fingerprint density at radius 3 is 2.47 bits per heavy atom. The average Bonchev–Trinajstić information content (AvgIpc) is 2.72. The molecule has 84 valence electrons. The van der Waals surface area contributed by atoms with Crippen molar-refractivity contribution in [2.75, 3.05) is 5.73 Å². The summed E-state index contributed by atoms with van der Waals surface area (Å²) in [5, 5.41) is 17.0. The predicted molar refractivity (Wildman–Crippen MR) is 67.6 cm³/mol. The highest BCUT2D eigenvalue weighted by Crippen LogP contribution is 2.27. The number of phenolic OH excluding ortho intramolecular Hbond substituents is 1. The lowest BCUT2D eigenvalue weighted by molar-refractivity contribution is 0.475. The fourth-order valence-corrected chi connectivity index (χ4v) is 1.87. The maximum absolute atomic E-state index is 9.25. The second-order valence-corrected chi connectivity index (χ2v) is 3.92. The van der Waals surface area contributed by atoms with E-state index in [1.807, 2.05) is 30.3 Å². The molecule has 0 aliphatic rings. The topological polar surface area (TPSA) is 74.9 Å². The molecule has 2 aromatic carbocycles. The highest BCUT2D eigenvalue weighted by Gasteiger charge is 2.04. The highest BCUT2D eigenvalue weighted by molar-refractivity contribution is 5.92. The van der Waals surface area contributed by atoms with Crippen LogP contribution in [0.5, 0.6) is 5.75 Å². The second-order valence-electron chi connectivity index (χ2n) is 3.92. The molecule has 0 bridgehead atoms. The van der Waals surface area contributed by atoms with Crippen LogP contribution in [0.15, 0.2) is 42.5 Å². The molecule has 0 saturated heterocycles. The van der Waals surface area contributed by atoms with Gasteiger partial charge >= 0.3 is 0 Å². The van der Waals surface area contributed by atoms with E-state index in [-0.39, 0.29) is 5.75 Å². The molecular formula is C13H11N3O. The van der Waals surface area contributed by atoms with Crippen molar-refractivity contribution in [1.82, 2.24) is 10.2 Å². The number of H-pyrrole nitrogens is 1. The van der Waals surface area contributed by atoms with Gasteiger partial charge in [-0.15, -0.1) is 0 Å². The minimum absolute atomic E-state index is 0.262. The highest BCUT2D eigenvalue weighted by atomic mass is 16.3. The Bertz CT molecular complexity index is 671. The number of benzene rings is 2. The lowest BCUT2D eigenvalue weighted by Gasteiger charge is -2.02. The van der Waals surface area contributed by atoms with Gasteiger partial charge in [0, 0.05) is 5.39 Å². The van der Waals surface area contributed by atoms with Crippen LogP contribution in [0.1, 0.15) is 0 Å². The molecule has 0 spiro atoms. The monoisotopic (exact) mass is 225 g/mol. The molecule has 0 unspecified atom stereocenters. The Hall–Kier alpha value is -2.49. The molecule has 3 aromatic rings. The molecule has 0 atom stereocenters. The minimum Gasteiger partial charge on any atom is -0.508 e. The summed E-state index contributed by atoms with van der Waals surface area (Å²) in [6.45, 7) is 0. The molecular weight excluding hydrogens is 214 g/mol. The van der Waals surface area contributed by atoms with Crippen molar-refractivity contribution in [3.63, 3.8) is 0 Å². The van der Waals surface area contributed by atoms with Crippen molar-refractivity contribution in [3.05, 3.63) is 42.5 Å². The van der Waals surface area contributed by atoms with Gasteiger partial charge in [0.15, 0.2) is 5.82 Å².